The summed E-state index contributed by atoms with van der Waals surface area (Å²) in [5.41, 5.74) is 1.04. The molecule has 0 saturated heterocycles. The summed E-state index contributed by atoms with van der Waals surface area (Å²) in [6.45, 7) is 3.02. The van der Waals surface area contributed by atoms with Crippen molar-refractivity contribution in [3.05, 3.63) is 29.8 Å². The Morgan fingerprint density at radius 2 is 1.67 bits per heavy atom. The van der Waals surface area contributed by atoms with E-state index in [2.05, 4.69) is 19.1 Å². The van der Waals surface area contributed by atoms with Crippen LogP contribution in [-0.2, 0) is 14.2 Å². The molecule has 1 unspecified atom stereocenters. The van der Waals surface area contributed by atoms with Gasteiger partial charge in [-0.15, -0.1) is 11.8 Å². The number of benzene rings is 1. The van der Waals surface area contributed by atoms with Crippen LogP contribution in [0.15, 0.2) is 29.2 Å². The molecular formula is C14H22O3S. The second-order valence-corrected chi connectivity index (χ2v) is 5.59. The van der Waals surface area contributed by atoms with E-state index in [1.165, 1.54) is 4.90 Å². The molecule has 1 atom stereocenters. The molecule has 4 heteroatoms. The fourth-order valence-electron chi connectivity index (χ4n) is 1.65. The van der Waals surface area contributed by atoms with Crippen molar-refractivity contribution in [2.75, 3.05) is 27.9 Å². The van der Waals surface area contributed by atoms with Crippen molar-refractivity contribution in [1.82, 2.24) is 0 Å². The van der Waals surface area contributed by atoms with Gasteiger partial charge >= 0.3 is 0 Å². The van der Waals surface area contributed by atoms with Crippen LogP contribution in [0.3, 0.4) is 0 Å². The van der Waals surface area contributed by atoms with Gasteiger partial charge < -0.3 is 14.2 Å². The normalized spacial score (nSPS) is 12.9. The molecule has 18 heavy (non-hydrogen) atoms. The molecule has 1 aromatic carbocycles. The van der Waals surface area contributed by atoms with Crippen LogP contribution in [0.2, 0.25) is 0 Å². The van der Waals surface area contributed by atoms with E-state index in [1.807, 2.05) is 23.9 Å². The van der Waals surface area contributed by atoms with E-state index < -0.39 is 0 Å². The summed E-state index contributed by atoms with van der Waals surface area (Å²) in [4.78, 5) is 1.26. The molecule has 0 amide bonds. The Labute approximate surface area is 114 Å². The fourth-order valence-corrected chi connectivity index (χ4v) is 2.62. The SMILES string of the molecule is COCCC(C)Sc1ccc(C(OC)OC)cc1. The van der Waals surface area contributed by atoms with Crippen molar-refractivity contribution in [2.45, 2.75) is 29.8 Å². The highest BCUT2D eigenvalue weighted by Crippen LogP contribution is 2.27. The maximum Gasteiger partial charge on any atom is 0.183 e. The highest BCUT2D eigenvalue weighted by molar-refractivity contribution is 7.99. The van der Waals surface area contributed by atoms with Gasteiger partial charge in [-0.05, 0) is 18.6 Å². The monoisotopic (exact) mass is 270 g/mol. The number of ether oxygens (including phenoxy) is 3. The summed E-state index contributed by atoms with van der Waals surface area (Å²) in [5, 5.41) is 0.552. The maximum absolute atomic E-state index is 5.21. The number of hydrogen-bond donors (Lipinski definition) is 0. The molecule has 0 saturated carbocycles. The van der Waals surface area contributed by atoms with Crippen LogP contribution < -0.4 is 0 Å². The first kappa shape index (κ1) is 15.5. The molecule has 0 aromatic heterocycles. The zero-order chi connectivity index (χ0) is 13.4. The minimum Gasteiger partial charge on any atom is -0.385 e. The van der Waals surface area contributed by atoms with Crippen LogP contribution in [-0.4, -0.2) is 33.2 Å². The molecule has 0 aliphatic rings. The smallest absolute Gasteiger partial charge is 0.183 e. The quantitative estimate of drug-likeness (QED) is 0.534. The molecule has 0 fully saturated rings. The molecule has 0 radical (unpaired) electrons. The molecule has 0 N–H and O–H groups in total. The largest absolute Gasteiger partial charge is 0.385 e. The zero-order valence-electron chi connectivity index (χ0n) is 11.5. The van der Waals surface area contributed by atoms with Crippen molar-refractivity contribution >= 4 is 11.8 Å². The van der Waals surface area contributed by atoms with Crippen molar-refractivity contribution in [3.63, 3.8) is 0 Å². The third-order valence-electron chi connectivity index (χ3n) is 2.65. The van der Waals surface area contributed by atoms with E-state index in [4.69, 9.17) is 14.2 Å². The lowest BCUT2D eigenvalue weighted by Gasteiger charge is -2.15. The second-order valence-electron chi connectivity index (χ2n) is 4.08. The van der Waals surface area contributed by atoms with Gasteiger partial charge in [-0.25, -0.2) is 0 Å². The minimum atomic E-state index is -0.282. The molecule has 0 heterocycles. The minimum absolute atomic E-state index is 0.282. The molecule has 0 aliphatic carbocycles. The first-order valence-corrected chi connectivity index (χ1v) is 6.90. The van der Waals surface area contributed by atoms with Gasteiger partial charge in [0.15, 0.2) is 6.29 Å². The van der Waals surface area contributed by atoms with E-state index in [0.717, 1.165) is 18.6 Å². The Kier molecular flexibility index (Phi) is 7.35. The molecule has 0 aliphatic heterocycles. The zero-order valence-corrected chi connectivity index (χ0v) is 12.3. The number of rotatable bonds is 8. The maximum atomic E-state index is 5.21. The van der Waals surface area contributed by atoms with Gasteiger partial charge in [0.05, 0.1) is 0 Å². The first-order chi connectivity index (χ1) is 8.71. The van der Waals surface area contributed by atoms with E-state index in [0.29, 0.717) is 5.25 Å². The predicted molar refractivity (Wildman–Crippen MR) is 75.0 cm³/mol. The van der Waals surface area contributed by atoms with Gasteiger partial charge in [0.25, 0.3) is 0 Å². The van der Waals surface area contributed by atoms with Gasteiger partial charge in [0, 0.05) is 43.6 Å². The highest BCUT2D eigenvalue weighted by atomic mass is 32.2. The molecule has 0 bridgehead atoms. The van der Waals surface area contributed by atoms with Gasteiger partial charge in [-0.2, -0.15) is 0 Å². The summed E-state index contributed by atoms with van der Waals surface area (Å²) < 4.78 is 15.5. The Balaban J connectivity index is 2.54. The standard InChI is InChI=1S/C14H22O3S/c1-11(9-10-15-2)18-13-7-5-12(6-8-13)14(16-3)17-4/h5-8,11,14H,9-10H2,1-4H3. The Morgan fingerprint density at radius 3 is 2.17 bits per heavy atom. The van der Waals surface area contributed by atoms with Crippen LogP contribution in [0.5, 0.6) is 0 Å². The predicted octanol–water partition coefficient (Wildman–Crippen LogP) is 3.50. The summed E-state index contributed by atoms with van der Waals surface area (Å²) in [6, 6.07) is 8.30. The van der Waals surface area contributed by atoms with Crippen molar-refractivity contribution in [2.24, 2.45) is 0 Å². The topological polar surface area (TPSA) is 27.7 Å². The second kappa shape index (κ2) is 8.53. The van der Waals surface area contributed by atoms with E-state index in [-0.39, 0.29) is 6.29 Å². The summed E-state index contributed by atoms with van der Waals surface area (Å²) >= 11 is 1.86. The van der Waals surface area contributed by atoms with Crippen LogP contribution >= 0.6 is 11.8 Å². The van der Waals surface area contributed by atoms with Gasteiger partial charge in [0.2, 0.25) is 0 Å². The van der Waals surface area contributed by atoms with Crippen LogP contribution in [0.1, 0.15) is 25.2 Å². The average Bonchev–Trinajstić information content (AvgIpc) is 2.40. The van der Waals surface area contributed by atoms with Crippen LogP contribution in [0.4, 0.5) is 0 Å². The number of hydrogen-bond acceptors (Lipinski definition) is 4. The lowest BCUT2D eigenvalue weighted by Crippen LogP contribution is -2.03. The van der Waals surface area contributed by atoms with Crippen molar-refractivity contribution in [3.8, 4) is 0 Å². The molecule has 102 valence electrons. The third kappa shape index (κ3) is 4.98. The van der Waals surface area contributed by atoms with Gasteiger partial charge in [-0.3, -0.25) is 0 Å². The summed E-state index contributed by atoms with van der Waals surface area (Å²) in [5.74, 6) is 0. The van der Waals surface area contributed by atoms with E-state index >= 15 is 0 Å². The Hall–Kier alpha value is -0.550. The molecule has 0 spiro atoms. The Morgan fingerprint density at radius 1 is 1.06 bits per heavy atom. The molecule has 3 nitrogen and oxygen atoms in total. The van der Waals surface area contributed by atoms with Gasteiger partial charge in [-0.1, -0.05) is 19.1 Å². The van der Waals surface area contributed by atoms with Gasteiger partial charge in [0.1, 0.15) is 0 Å². The third-order valence-corrected chi connectivity index (χ3v) is 3.83. The number of thioether (sulfide) groups is 1. The molecule has 1 aromatic rings. The average molecular weight is 270 g/mol. The van der Waals surface area contributed by atoms with Crippen molar-refractivity contribution in [1.29, 1.82) is 0 Å². The fraction of sp³-hybridized carbons (Fsp3) is 0.571. The van der Waals surface area contributed by atoms with Crippen LogP contribution in [0, 0.1) is 0 Å². The lowest BCUT2D eigenvalue weighted by molar-refractivity contribution is -0.106. The van der Waals surface area contributed by atoms with Crippen molar-refractivity contribution < 1.29 is 14.2 Å². The lowest BCUT2D eigenvalue weighted by atomic mass is 10.2. The summed E-state index contributed by atoms with van der Waals surface area (Å²) in [6.07, 6.45) is 0.775. The van der Waals surface area contributed by atoms with E-state index in [9.17, 15) is 0 Å². The highest BCUT2D eigenvalue weighted by Gasteiger charge is 2.09. The summed E-state index contributed by atoms with van der Waals surface area (Å²) in [7, 11) is 5.02. The van der Waals surface area contributed by atoms with E-state index in [1.54, 1.807) is 21.3 Å². The number of methoxy groups -OCH3 is 3. The van der Waals surface area contributed by atoms with Crippen LogP contribution in [0.25, 0.3) is 0 Å². The molecule has 1 rings (SSSR count). The Bertz CT molecular complexity index is 322. The molecular weight excluding hydrogens is 248 g/mol. The first-order valence-electron chi connectivity index (χ1n) is 6.02.